The molecule has 0 saturated carbocycles. The molecule has 4 aromatic rings. The fourth-order valence-electron chi connectivity index (χ4n) is 4.39. The molecule has 1 saturated heterocycles. The van der Waals surface area contributed by atoms with E-state index in [1.165, 1.54) is 17.2 Å². The van der Waals surface area contributed by atoms with Gasteiger partial charge in [0, 0.05) is 19.1 Å². The Morgan fingerprint density at radius 2 is 2.03 bits per heavy atom. The van der Waals surface area contributed by atoms with E-state index in [1.54, 1.807) is 25.4 Å². The minimum Gasteiger partial charge on any atom is -0.493 e. The lowest BCUT2D eigenvalue weighted by molar-refractivity contribution is -0.165. The first kappa shape index (κ1) is 26.4. The molecule has 2 unspecified atom stereocenters. The molecule has 3 heterocycles. The van der Waals surface area contributed by atoms with Crippen molar-refractivity contribution in [1.82, 2.24) is 19.7 Å². The Kier molecular flexibility index (Phi) is 8.49. The molecule has 2 N–H and O–H groups in total. The van der Waals surface area contributed by atoms with E-state index in [-0.39, 0.29) is 6.29 Å². The number of carbonyl (C=O) groups excluding carboxylic acids is 1. The molecule has 39 heavy (non-hydrogen) atoms. The summed E-state index contributed by atoms with van der Waals surface area (Å²) in [5.41, 5.74) is 7.26. The van der Waals surface area contributed by atoms with Crippen LogP contribution in [0.5, 0.6) is 23.1 Å². The SMILES string of the molecule is COc1cc2c(Oc3cnn(C(Cc4ccccc4)C(N)=O)c3)ncnc2cc1OCCOC1CCCCO1. The summed E-state index contributed by atoms with van der Waals surface area (Å²) in [4.78, 5) is 20.8. The first-order chi connectivity index (χ1) is 19.1. The highest BCUT2D eigenvalue weighted by Crippen LogP contribution is 2.36. The minimum absolute atomic E-state index is 0.172. The monoisotopic (exact) mass is 533 g/mol. The molecule has 0 bridgehead atoms. The molecule has 1 aliphatic rings. The predicted octanol–water partition coefficient (Wildman–Crippen LogP) is 3.82. The number of rotatable bonds is 12. The molecule has 0 aliphatic carbocycles. The summed E-state index contributed by atoms with van der Waals surface area (Å²) in [6.07, 6.45) is 7.85. The third-order valence-corrected chi connectivity index (χ3v) is 6.38. The average Bonchev–Trinajstić information content (AvgIpc) is 3.42. The van der Waals surface area contributed by atoms with Crippen LogP contribution in [0.2, 0.25) is 0 Å². The number of benzene rings is 2. The van der Waals surface area contributed by atoms with Gasteiger partial charge < -0.3 is 29.4 Å². The van der Waals surface area contributed by atoms with Crippen LogP contribution in [0.4, 0.5) is 0 Å². The molecule has 204 valence electrons. The summed E-state index contributed by atoms with van der Waals surface area (Å²) in [6.45, 7) is 1.46. The minimum atomic E-state index is -0.666. The molecule has 0 radical (unpaired) electrons. The van der Waals surface area contributed by atoms with Crippen molar-refractivity contribution in [2.24, 2.45) is 5.73 Å². The van der Waals surface area contributed by atoms with E-state index in [9.17, 15) is 4.79 Å². The van der Waals surface area contributed by atoms with Crippen LogP contribution in [0.25, 0.3) is 10.9 Å². The first-order valence-corrected chi connectivity index (χ1v) is 12.8. The lowest BCUT2D eigenvalue weighted by Gasteiger charge is -2.22. The topological polar surface area (TPSA) is 133 Å². The van der Waals surface area contributed by atoms with Gasteiger partial charge in [0.2, 0.25) is 11.8 Å². The van der Waals surface area contributed by atoms with Gasteiger partial charge in [-0.05, 0) is 30.9 Å². The van der Waals surface area contributed by atoms with Gasteiger partial charge in [-0.3, -0.25) is 9.48 Å². The lowest BCUT2D eigenvalue weighted by atomic mass is 10.1. The summed E-state index contributed by atoms with van der Waals surface area (Å²) in [6, 6.07) is 12.5. The second-order valence-corrected chi connectivity index (χ2v) is 9.08. The van der Waals surface area contributed by atoms with Gasteiger partial charge in [0.05, 0.1) is 37.0 Å². The number of fused-ring (bicyclic) bond motifs is 1. The summed E-state index contributed by atoms with van der Waals surface area (Å²) in [5.74, 6) is 1.25. The van der Waals surface area contributed by atoms with Gasteiger partial charge in [-0.25, -0.2) is 9.97 Å². The standard InChI is InChI=1S/C28H31N5O6/c1-35-24-14-21-22(15-25(24)36-11-12-38-26-9-5-6-10-37-26)30-18-31-28(21)39-20-16-32-33(17-20)23(27(29)34)13-19-7-3-2-4-8-19/h2-4,7-8,14-18,23,26H,5-6,9-13H2,1H3,(H2,29,34). The number of nitrogens with two attached hydrogens (primary N) is 1. The highest BCUT2D eigenvalue weighted by Gasteiger charge is 2.21. The van der Waals surface area contributed by atoms with Crippen molar-refractivity contribution in [3.05, 3.63) is 66.7 Å². The number of amides is 1. The number of carbonyl (C=O) groups is 1. The Morgan fingerprint density at radius 1 is 1.15 bits per heavy atom. The molecule has 2 aromatic carbocycles. The average molecular weight is 534 g/mol. The molecular formula is C28H31N5O6. The van der Waals surface area contributed by atoms with E-state index >= 15 is 0 Å². The fourth-order valence-corrected chi connectivity index (χ4v) is 4.39. The first-order valence-electron chi connectivity index (χ1n) is 12.8. The van der Waals surface area contributed by atoms with Crippen molar-refractivity contribution in [3.8, 4) is 23.1 Å². The smallest absolute Gasteiger partial charge is 0.242 e. The fraction of sp³-hybridized carbons (Fsp3) is 0.357. The maximum Gasteiger partial charge on any atom is 0.242 e. The Morgan fingerprint density at radius 3 is 2.79 bits per heavy atom. The van der Waals surface area contributed by atoms with E-state index in [4.69, 9.17) is 29.4 Å². The van der Waals surface area contributed by atoms with Gasteiger partial charge in [0.25, 0.3) is 0 Å². The zero-order valence-electron chi connectivity index (χ0n) is 21.7. The third kappa shape index (κ3) is 6.62. The largest absolute Gasteiger partial charge is 0.493 e. The maximum atomic E-state index is 12.2. The van der Waals surface area contributed by atoms with Gasteiger partial charge in [-0.2, -0.15) is 5.10 Å². The van der Waals surface area contributed by atoms with Crippen molar-refractivity contribution < 1.29 is 28.5 Å². The summed E-state index contributed by atoms with van der Waals surface area (Å²) < 4.78 is 30.4. The van der Waals surface area contributed by atoms with Gasteiger partial charge >= 0.3 is 0 Å². The number of nitrogens with zero attached hydrogens (tertiary/aromatic N) is 4. The molecule has 11 nitrogen and oxygen atoms in total. The Hall–Kier alpha value is -4.22. The summed E-state index contributed by atoms with van der Waals surface area (Å²) in [7, 11) is 1.56. The number of primary amides is 1. The molecule has 5 rings (SSSR count). The van der Waals surface area contributed by atoms with Crippen LogP contribution in [0, 0.1) is 0 Å². The molecule has 2 aromatic heterocycles. The van der Waals surface area contributed by atoms with E-state index in [1.807, 2.05) is 30.3 Å². The van der Waals surface area contributed by atoms with Gasteiger partial charge in [0.1, 0.15) is 19.0 Å². The van der Waals surface area contributed by atoms with Crippen molar-refractivity contribution in [3.63, 3.8) is 0 Å². The highest BCUT2D eigenvalue weighted by molar-refractivity contribution is 5.87. The molecular weight excluding hydrogens is 502 g/mol. The van der Waals surface area contributed by atoms with Crippen LogP contribution < -0.4 is 19.9 Å². The van der Waals surface area contributed by atoms with E-state index in [2.05, 4.69) is 15.1 Å². The number of methoxy groups -OCH3 is 1. The second kappa shape index (κ2) is 12.5. The van der Waals surface area contributed by atoms with Crippen LogP contribution in [-0.4, -0.2) is 58.9 Å². The lowest BCUT2D eigenvalue weighted by Crippen LogP contribution is -2.28. The van der Waals surface area contributed by atoms with Crippen molar-refractivity contribution in [2.45, 2.75) is 38.0 Å². The summed E-state index contributed by atoms with van der Waals surface area (Å²) in [5, 5.41) is 4.94. The number of aromatic nitrogens is 4. The Balaban J connectivity index is 1.29. The van der Waals surface area contributed by atoms with Crippen LogP contribution >= 0.6 is 0 Å². The van der Waals surface area contributed by atoms with E-state index < -0.39 is 11.9 Å². The van der Waals surface area contributed by atoms with E-state index in [0.29, 0.717) is 53.7 Å². The van der Waals surface area contributed by atoms with Gasteiger partial charge in [0.15, 0.2) is 23.5 Å². The zero-order valence-corrected chi connectivity index (χ0v) is 21.7. The van der Waals surface area contributed by atoms with Crippen LogP contribution in [-0.2, 0) is 20.7 Å². The summed E-state index contributed by atoms with van der Waals surface area (Å²) >= 11 is 0. The molecule has 0 spiro atoms. The number of ether oxygens (including phenoxy) is 5. The molecule has 2 atom stereocenters. The van der Waals surface area contributed by atoms with Gasteiger partial charge in [-0.1, -0.05) is 30.3 Å². The van der Waals surface area contributed by atoms with Gasteiger partial charge in [-0.15, -0.1) is 0 Å². The quantitative estimate of drug-likeness (QED) is 0.270. The third-order valence-electron chi connectivity index (χ3n) is 6.38. The molecule has 1 fully saturated rings. The normalized spacial score (nSPS) is 16.1. The number of hydrogen-bond acceptors (Lipinski definition) is 9. The molecule has 11 heteroatoms. The molecule has 1 amide bonds. The highest BCUT2D eigenvalue weighted by atomic mass is 16.7. The number of hydrogen-bond donors (Lipinski definition) is 1. The van der Waals surface area contributed by atoms with Crippen LogP contribution in [0.1, 0.15) is 30.9 Å². The zero-order chi connectivity index (χ0) is 27.0. The van der Waals surface area contributed by atoms with Crippen molar-refractivity contribution in [2.75, 3.05) is 26.9 Å². The maximum absolute atomic E-state index is 12.2. The molecule has 1 aliphatic heterocycles. The second-order valence-electron chi connectivity index (χ2n) is 9.08. The van der Waals surface area contributed by atoms with Crippen LogP contribution in [0.3, 0.4) is 0 Å². The van der Waals surface area contributed by atoms with E-state index in [0.717, 1.165) is 31.4 Å². The van der Waals surface area contributed by atoms with Crippen molar-refractivity contribution >= 4 is 16.8 Å². The Bertz CT molecular complexity index is 1390. The predicted molar refractivity (Wildman–Crippen MR) is 142 cm³/mol. The van der Waals surface area contributed by atoms with Crippen molar-refractivity contribution in [1.29, 1.82) is 0 Å². The van der Waals surface area contributed by atoms with Crippen LogP contribution in [0.15, 0.2) is 61.2 Å². The Labute approximate surface area is 225 Å².